The van der Waals surface area contributed by atoms with Crippen LogP contribution in [-0.4, -0.2) is 22.1 Å². The number of nitrogens with one attached hydrogen (secondary N) is 1. The molecule has 0 aromatic carbocycles. The molecule has 1 atom stereocenters. The van der Waals surface area contributed by atoms with Gasteiger partial charge in [-0.25, -0.2) is 0 Å². The number of aromatic nitrogens is 1. The molecule has 0 saturated heterocycles. The van der Waals surface area contributed by atoms with E-state index in [1.54, 1.807) is 12.3 Å². The van der Waals surface area contributed by atoms with Crippen molar-refractivity contribution in [2.24, 2.45) is 0 Å². The van der Waals surface area contributed by atoms with Gasteiger partial charge in [0.1, 0.15) is 6.04 Å². The Morgan fingerprint density at radius 3 is 2.56 bits per heavy atom. The van der Waals surface area contributed by atoms with Gasteiger partial charge in [0.25, 0.3) is 0 Å². The van der Waals surface area contributed by atoms with E-state index in [0.29, 0.717) is 10.2 Å². The molecular formula is C10H12Br2N2O2. The van der Waals surface area contributed by atoms with Crippen molar-refractivity contribution in [3.8, 4) is 0 Å². The maximum atomic E-state index is 11.1. The smallest absolute Gasteiger partial charge is 0.327 e. The third kappa shape index (κ3) is 3.54. The van der Waals surface area contributed by atoms with Crippen LogP contribution in [0.3, 0.4) is 0 Å². The lowest BCUT2D eigenvalue weighted by Gasteiger charge is -2.17. The predicted molar refractivity (Wildman–Crippen MR) is 68.3 cm³/mol. The number of carboxylic acid groups (broad SMARTS) is 1. The molecule has 1 aromatic rings. The lowest BCUT2D eigenvalue weighted by atomic mass is 10.1. The van der Waals surface area contributed by atoms with E-state index in [9.17, 15) is 4.79 Å². The molecule has 0 aliphatic carbocycles. The molecule has 1 unspecified atom stereocenters. The van der Waals surface area contributed by atoms with Crippen LogP contribution < -0.4 is 5.32 Å². The average Bonchev–Trinajstić information content (AvgIpc) is 2.14. The summed E-state index contributed by atoms with van der Waals surface area (Å²) in [6.45, 7) is 3.78. The van der Waals surface area contributed by atoms with Crippen molar-refractivity contribution >= 4 is 37.8 Å². The van der Waals surface area contributed by atoms with Crippen molar-refractivity contribution in [1.29, 1.82) is 0 Å². The first-order valence-electron chi connectivity index (χ1n) is 4.71. The summed E-state index contributed by atoms with van der Waals surface area (Å²) in [6, 6.07) is 1.04. The highest BCUT2D eigenvalue weighted by atomic mass is 79.9. The van der Waals surface area contributed by atoms with E-state index in [0.717, 1.165) is 4.47 Å². The van der Waals surface area contributed by atoms with Crippen molar-refractivity contribution in [2.45, 2.75) is 25.9 Å². The number of hydrogen-bond donors (Lipinski definition) is 2. The van der Waals surface area contributed by atoms with E-state index in [4.69, 9.17) is 5.11 Å². The molecule has 88 valence electrons. The summed E-state index contributed by atoms with van der Waals surface area (Å²) in [6.07, 6.45) is 1.58. The lowest BCUT2D eigenvalue weighted by molar-refractivity contribution is -0.140. The topological polar surface area (TPSA) is 62.2 Å². The van der Waals surface area contributed by atoms with Crippen LogP contribution in [0.25, 0.3) is 0 Å². The van der Waals surface area contributed by atoms with Gasteiger partial charge in [-0.15, -0.1) is 0 Å². The van der Waals surface area contributed by atoms with Crippen LogP contribution in [0, 0.1) is 0 Å². The number of hydrogen-bond acceptors (Lipinski definition) is 3. The number of pyridine rings is 1. The third-order valence-corrected chi connectivity index (χ3v) is 2.93. The molecule has 1 rings (SSSR count). The number of rotatable bonds is 4. The standard InChI is InChI=1S/C10H12Br2N2O2/c1-5(2)14-9(10(15)16)8-7(12)3-6(11)4-13-8/h3-5,9,14H,1-2H3,(H,15,16). The van der Waals surface area contributed by atoms with Crippen LogP contribution in [0.5, 0.6) is 0 Å². The number of aliphatic carboxylic acids is 1. The molecule has 0 fully saturated rings. The Labute approximate surface area is 111 Å². The first-order valence-corrected chi connectivity index (χ1v) is 6.30. The molecule has 1 aromatic heterocycles. The maximum absolute atomic E-state index is 11.1. The SMILES string of the molecule is CC(C)NC(C(=O)O)c1ncc(Br)cc1Br. The number of nitrogens with zero attached hydrogens (tertiary/aromatic N) is 1. The summed E-state index contributed by atoms with van der Waals surface area (Å²) < 4.78 is 1.47. The Hall–Kier alpha value is -0.460. The van der Waals surface area contributed by atoms with Gasteiger partial charge >= 0.3 is 5.97 Å². The highest BCUT2D eigenvalue weighted by molar-refractivity contribution is 9.11. The Morgan fingerprint density at radius 1 is 1.50 bits per heavy atom. The van der Waals surface area contributed by atoms with Gasteiger partial charge in [0.05, 0.1) is 5.69 Å². The summed E-state index contributed by atoms with van der Waals surface area (Å²) in [4.78, 5) is 15.3. The summed E-state index contributed by atoms with van der Waals surface area (Å²) in [5.74, 6) is -0.941. The molecule has 1 heterocycles. The Kier molecular flexibility index (Phi) is 4.89. The summed E-state index contributed by atoms with van der Waals surface area (Å²) >= 11 is 6.58. The second-order valence-corrected chi connectivity index (χ2v) is 5.38. The molecule has 16 heavy (non-hydrogen) atoms. The van der Waals surface area contributed by atoms with Crippen molar-refractivity contribution in [3.63, 3.8) is 0 Å². The lowest BCUT2D eigenvalue weighted by Crippen LogP contribution is -2.34. The van der Waals surface area contributed by atoms with Crippen LogP contribution in [0.15, 0.2) is 21.2 Å². The van der Waals surface area contributed by atoms with E-state index < -0.39 is 12.0 Å². The number of carbonyl (C=O) groups is 1. The van der Waals surface area contributed by atoms with E-state index in [1.165, 1.54) is 0 Å². The van der Waals surface area contributed by atoms with Crippen LogP contribution in [0.2, 0.25) is 0 Å². The molecule has 0 radical (unpaired) electrons. The highest BCUT2D eigenvalue weighted by Crippen LogP contribution is 2.25. The zero-order valence-electron chi connectivity index (χ0n) is 8.87. The molecule has 0 aliphatic rings. The van der Waals surface area contributed by atoms with Crippen LogP contribution in [-0.2, 0) is 4.79 Å². The second-order valence-electron chi connectivity index (χ2n) is 3.61. The predicted octanol–water partition coefficient (Wildman–Crippen LogP) is 2.73. The van der Waals surface area contributed by atoms with Crippen molar-refractivity contribution in [2.75, 3.05) is 0 Å². The highest BCUT2D eigenvalue weighted by Gasteiger charge is 2.24. The monoisotopic (exact) mass is 350 g/mol. The zero-order chi connectivity index (χ0) is 12.3. The average molecular weight is 352 g/mol. The summed E-state index contributed by atoms with van der Waals surface area (Å²) in [5.41, 5.74) is 0.476. The van der Waals surface area contributed by atoms with E-state index in [-0.39, 0.29) is 6.04 Å². The normalized spacial score (nSPS) is 12.8. The molecule has 4 nitrogen and oxygen atoms in total. The molecule has 0 amide bonds. The van der Waals surface area contributed by atoms with E-state index in [2.05, 4.69) is 42.2 Å². The van der Waals surface area contributed by atoms with Crippen LogP contribution >= 0.6 is 31.9 Å². The molecule has 0 spiro atoms. The van der Waals surface area contributed by atoms with Gasteiger partial charge in [-0.2, -0.15) is 0 Å². The Balaban J connectivity index is 3.06. The fourth-order valence-electron chi connectivity index (χ4n) is 1.24. The first-order chi connectivity index (χ1) is 7.41. The largest absolute Gasteiger partial charge is 0.480 e. The second kappa shape index (κ2) is 5.75. The maximum Gasteiger partial charge on any atom is 0.327 e. The van der Waals surface area contributed by atoms with Crippen LogP contribution in [0.4, 0.5) is 0 Å². The van der Waals surface area contributed by atoms with Crippen molar-refractivity contribution < 1.29 is 9.90 Å². The molecular weight excluding hydrogens is 340 g/mol. The summed E-state index contributed by atoms with van der Waals surface area (Å²) in [5, 5.41) is 12.1. The molecule has 0 saturated carbocycles. The van der Waals surface area contributed by atoms with E-state index >= 15 is 0 Å². The number of halogens is 2. The van der Waals surface area contributed by atoms with Gasteiger partial charge in [0.15, 0.2) is 0 Å². The molecule has 2 N–H and O–H groups in total. The minimum absolute atomic E-state index is 0.0680. The van der Waals surface area contributed by atoms with Gasteiger partial charge in [0, 0.05) is 21.2 Å². The molecule has 6 heteroatoms. The van der Waals surface area contributed by atoms with Gasteiger partial charge in [-0.1, -0.05) is 0 Å². The fourth-order valence-corrected chi connectivity index (χ4v) is 2.45. The zero-order valence-corrected chi connectivity index (χ0v) is 12.0. The number of carboxylic acids is 1. The first kappa shape index (κ1) is 13.6. The fraction of sp³-hybridized carbons (Fsp3) is 0.400. The molecule has 0 aliphatic heterocycles. The van der Waals surface area contributed by atoms with Crippen molar-refractivity contribution in [3.05, 3.63) is 26.9 Å². The van der Waals surface area contributed by atoms with Crippen molar-refractivity contribution in [1.82, 2.24) is 10.3 Å². The van der Waals surface area contributed by atoms with Crippen LogP contribution in [0.1, 0.15) is 25.6 Å². The molecule has 0 bridgehead atoms. The minimum Gasteiger partial charge on any atom is -0.480 e. The van der Waals surface area contributed by atoms with Gasteiger partial charge in [0.2, 0.25) is 0 Å². The van der Waals surface area contributed by atoms with Gasteiger partial charge < -0.3 is 5.11 Å². The Bertz CT molecular complexity index is 396. The summed E-state index contributed by atoms with van der Waals surface area (Å²) in [7, 11) is 0. The Morgan fingerprint density at radius 2 is 2.12 bits per heavy atom. The van der Waals surface area contributed by atoms with Gasteiger partial charge in [-0.3, -0.25) is 15.1 Å². The minimum atomic E-state index is -0.941. The van der Waals surface area contributed by atoms with Gasteiger partial charge in [-0.05, 0) is 51.8 Å². The quantitative estimate of drug-likeness (QED) is 0.875. The van der Waals surface area contributed by atoms with E-state index in [1.807, 2.05) is 13.8 Å². The third-order valence-electron chi connectivity index (χ3n) is 1.86.